The van der Waals surface area contributed by atoms with Gasteiger partial charge in [-0.1, -0.05) is 24.3 Å². The Hall–Kier alpha value is -2.84. The van der Waals surface area contributed by atoms with Crippen LogP contribution < -0.4 is 0 Å². The van der Waals surface area contributed by atoms with Crippen LogP contribution in [0.4, 0.5) is 0 Å². The van der Waals surface area contributed by atoms with Crippen molar-refractivity contribution in [3.8, 4) is 0 Å². The minimum absolute atomic E-state index is 0.0115. The van der Waals surface area contributed by atoms with Crippen molar-refractivity contribution in [3.05, 3.63) is 70.3 Å². The van der Waals surface area contributed by atoms with E-state index in [2.05, 4.69) is 0 Å². The highest BCUT2D eigenvalue weighted by Crippen LogP contribution is 2.28. The van der Waals surface area contributed by atoms with Crippen molar-refractivity contribution in [2.45, 2.75) is 0 Å². The topological polar surface area (TPSA) is 118 Å². The molecule has 2 aromatic rings. The third-order valence-corrected chi connectivity index (χ3v) is 4.39. The Morgan fingerprint density at radius 3 is 2.08 bits per heavy atom. The molecule has 7 nitrogen and oxygen atoms in total. The van der Waals surface area contributed by atoms with E-state index >= 15 is 0 Å². The maximum atomic E-state index is 12.5. The molecule has 0 aromatic heterocycles. The van der Waals surface area contributed by atoms with Gasteiger partial charge in [0, 0.05) is 22.3 Å². The third kappa shape index (κ3) is 3.35. The molecule has 0 fully saturated rings. The van der Waals surface area contributed by atoms with Crippen LogP contribution in [0.2, 0.25) is 0 Å². The minimum atomic E-state index is -4.49. The Kier molecular flexibility index (Phi) is 4.23. The van der Waals surface area contributed by atoms with Gasteiger partial charge in [-0.3, -0.25) is 9.59 Å². The molecule has 2 aromatic carbocycles. The number of fused-ring (bicyclic) bond motifs is 2. The van der Waals surface area contributed by atoms with Crippen molar-refractivity contribution < 1.29 is 32.1 Å². The predicted molar refractivity (Wildman–Crippen MR) is 84.6 cm³/mol. The van der Waals surface area contributed by atoms with Gasteiger partial charge in [0.2, 0.25) is 0 Å². The first kappa shape index (κ1) is 17.0. The molecule has 0 spiro atoms. The zero-order chi connectivity index (χ0) is 18.2. The first-order chi connectivity index (χ1) is 11.8. The molecule has 0 amide bonds. The number of esters is 1. The van der Waals surface area contributed by atoms with E-state index in [1.807, 2.05) is 0 Å². The van der Waals surface area contributed by atoms with Gasteiger partial charge in [-0.15, -0.1) is 0 Å². The van der Waals surface area contributed by atoms with Crippen LogP contribution in [0.3, 0.4) is 0 Å². The number of hydrogen-bond acceptors (Lipinski definition) is 7. The van der Waals surface area contributed by atoms with Crippen molar-refractivity contribution >= 4 is 27.7 Å². The second-order valence-electron chi connectivity index (χ2n) is 5.36. The summed E-state index contributed by atoms with van der Waals surface area (Å²) >= 11 is 0. The fourth-order valence-electron chi connectivity index (χ4n) is 2.55. The van der Waals surface area contributed by atoms with Crippen LogP contribution in [0, 0.1) is 0 Å². The van der Waals surface area contributed by atoms with Crippen LogP contribution in [0.15, 0.2) is 42.5 Å². The summed E-state index contributed by atoms with van der Waals surface area (Å²) in [6.07, 6.45) is 0. The van der Waals surface area contributed by atoms with Crippen molar-refractivity contribution in [2.75, 3.05) is 12.4 Å². The second-order valence-corrected chi connectivity index (χ2v) is 6.89. The summed E-state index contributed by atoms with van der Waals surface area (Å²) in [4.78, 5) is 36.9. The molecular weight excluding hydrogens is 348 g/mol. The Morgan fingerprint density at radius 2 is 1.48 bits per heavy atom. The zero-order valence-corrected chi connectivity index (χ0v) is 13.5. The van der Waals surface area contributed by atoms with E-state index in [4.69, 9.17) is 4.74 Å². The molecule has 0 radical (unpaired) electrons. The number of carbonyl (C=O) groups excluding carboxylic acids is 3. The molecule has 0 atom stereocenters. The Balaban J connectivity index is 1.88. The number of hydrogen-bond donors (Lipinski definition) is 0. The van der Waals surface area contributed by atoms with E-state index in [0.717, 1.165) is 0 Å². The molecule has 0 unspecified atom stereocenters. The normalized spacial score (nSPS) is 13.2. The van der Waals surface area contributed by atoms with Crippen molar-refractivity contribution in [1.82, 2.24) is 0 Å². The van der Waals surface area contributed by atoms with E-state index in [1.165, 1.54) is 24.3 Å². The fourth-order valence-corrected chi connectivity index (χ4v) is 2.83. The van der Waals surface area contributed by atoms with Crippen LogP contribution in [0.5, 0.6) is 0 Å². The summed E-state index contributed by atoms with van der Waals surface area (Å²) in [6, 6.07) is 10.3. The molecule has 0 saturated carbocycles. The lowest BCUT2D eigenvalue weighted by Crippen LogP contribution is -2.22. The molecule has 25 heavy (non-hydrogen) atoms. The van der Waals surface area contributed by atoms with Gasteiger partial charge in [0.15, 0.2) is 11.6 Å². The van der Waals surface area contributed by atoms with Gasteiger partial charge < -0.3 is 9.29 Å². The molecule has 0 bridgehead atoms. The van der Waals surface area contributed by atoms with E-state index in [1.54, 1.807) is 18.2 Å². The SMILES string of the molecule is O=C(OCCS(=O)(=O)[O-])c1ccc2c(c1)C(=O)c1ccccc1C2=O. The van der Waals surface area contributed by atoms with Crippen LogP contribution in [0.25, 0.3) is 0 Å². The summed E-state index contributed by atoms with van der Waals surface area (Å²) < 4.78 is 36.2. The lowest BCUT2D eigenvalue weighted by atomic mass is 9.83. The Labute approximate surface area is 143 Å². The van der Waals surface area contributed by atoms with Gasteiger partial charge in [-0.25, -0.2) is 13.2 Å². The van der Waals surface area contributed by atoms with Crippen molar-refractivity contribution in [2.24, 2.45) is 0 Å². The maximum Gasteiger partial charge on any atom is 0.338 e. The number of carbonyl (C=O) groups is 3. The smallest absolute Gasteiger partial charge is 0.338 e. The van der Waals surface area contributed by atoms with Gasteiger partial charge in [-0.2, -0.15) is 0 Å². The molecule has 1 aliphatic rings. The first-order valence-corrected chi connectivity index (χ1v) is 8.79. The van der Waals surface area contributed by atoms with Crippen LogP contribution >= 0.6 is 0 Å². The lowest BCUT2D eigenvalue weighted by Gasteiger charge is -2.17. The van der Waals surface area contributed by atoms with Crippen molar-refractivity contribution in [3.63, 3.8) is 0 Å². The minimum Gasteiger partial charge on any atom is -0.748 e. The van der Waals surface area contributed by atoms with E-state index in [0.29, 0.717) is 5.56 Å². The van der Waals surface area contributed by atoms with E-state index < -0.39 is 28.4 Å². The number of ketones is 2. The lowest BCUT2D eigenvalue weighted by molar-refractivity contribution is 0.0528. The average Bonchev–Trinajstić information content (AvgIpc) is 2.58. The fraction of sp³-hybridized carbons (Fsp3) is 0.118. The summed E-state index contributed by atoms with van der Waals surface area (Å²) in [7, 11) is -4.49. The molecule has 0 N–H and O–H groups in total. The Bertz CT molecular complexity index is 1010. The van der Waals surface area contributed by atoms with Gasteiger partial charge in [0.25, 0.3) is 0 Å². The van der Waals surface area contributed by atoms with Gasteiger partial charge in [-0.05, 0) is 18.2 Å². The average molecular weight is 359 g/mol. The van der Waals surface area contributed by atoms with E-state index in [9.17, 15) is 27.4 Å². The molecule has 3 rings (SSSR count). The highest BCUT2D eigenvalue weighted by atomic mass is 32.2. The number of benzene rings is 2. The maximum absolute atomic E-state index is 12.5. The summed E-state index contributed by atoms with van der Waals surface area (Å²) in [6.45, 7) is -0.586. The second kappa shape index (κ2) is 6.23. The highest BCUT2D eigenvalue weighted by Gasteiger charge is 2.30. The standard InChI is InChI=1S/C17H12O7S/c18-15-11-3-1-2-4-12(11)16(19)14-9-10(5-6-13(14)15)17(20)24-7-8-25(21,22)23/h1-6,9H,7-8H2,(H,21,22,23)/p-1. The molecule has 1 aliphatic carbocycles. The molecule has 8 heteroatoms. The van der Waals surface area contributed by atoms with Crippen LogP contribution in [0.1, 0.15) is 42.2 Å². The van der Waals surface area contributed by atoms with Gasteiger partial charge in [0.1, 0.15) is 6.61 Å². The quantitative estimate of drug-likeness (QED) is 0.507. The summed E-state index contributed by atoms with van der Waals surface area (Å²) in [5.41, 5.74) is 0.804. The molecule has 0 heterocycles. The number of ether oxygens (including phenoxy) is 1. The molecular formula is C17H11O7S-. The summed E-state index contributed by atoms with van der Waals surface area (Å²) in [5.74, 6) is -2.43. The first-order valence-electron chi connectivity index (χ1n) is 7.21. The zero-order valence-electron chi connectivity index (χ0n) is 12.7. The highest BCUT2D eigenvalue weighted by molar-refractivity contribution is 7.85. The van der Waals surface area contributed by atoms with Crippen LogP contribution in [-0.2, 0) is 14.9 Å². The predicted octanol–water partition coefficient (Wildman–Crippen LogP) is 1.16. The molecule has 128 valence electrons. The van der Waals surface area contributed by atoms with E-state index in [-0.39, 0.29) is 33.8 Å². The monoisotopic (exact) mass is 359 g/mol. The third-order valence-electron chi connectivity index (χ3n) is 3.73. The Morgan fingerprint density at radius 1 is 0.920 bits per heavy atom. The largest absolute Gasteiger partial charge is 0.748 e. The van der Waals surface area contributed by atoms with Gasteiger partial charge >= 0.3 is 5.97 Å². The van der Waals surface area contributed by atoms with Gasteiger partial charge in [0.05, 0.1) is 21.4 Å². The summed E-state index contributed by atoms with van der Waals surface area (Å²) in [5, 5.41) is 0. The van der Waals surface area contributed by atoms with Crippen LogP contribution in [-0.4, -0.2) is 42.9 Å². The molecule has 0 aliphatic heterocycles. The number of rotatable bonds is 4. The van der Waals surface area contributed by atoms with Crippen molar-refractivity contribution in [1.29, 1.82) is 0 Å². The molecule has 0 saturated heterocycles.